The molecule has 0 saturated heterocycles. The summed E-state index contributed by atoms with van der Waals surface area (Å²) in [7, 11) is -3.69. The zero-order chi connectivity index (χ0) is 13.9. The lowest BCUT2D eigenvalue weighted by Gasteiger charge is -2.32. The molecular formula is C10H24N4O2S. The lowest BCUT2D eigenvalue weighted by molar-refractivity contribution is 0.433. The van der Waals surface area contributed by atoms with E-state index in [0.29, 0.717) is 12.8 Å². The third kappa shape index (κ3) is 5.01. The van der Waals surface area contributed by atoms with Crippen molar-refractivity contribution in [3.05, 3.63) is 0 Å². The average Bonchev–Trinajstić information content (AvgIpc) is 2.09. The number of amidine groups is 1. The second-order valence-electron chi connectivity index (χ2n) is 5.16. The van der Waals surface area contributed by atoms with Crippen molar-refractivity contribution >= 4 is 16.0 Å². The van der Waals surface area contributed by atoms with Crippen LogP contribution in [0.15, 0.2) is 0 Å². The summed E-state index contributed by atoms with van der Waals surface area (Å²) in [5, 5.41) is 7.53. The number of rotatable bonds is 6. The summed E-state index contributed by atoms with van der Waals surface area (Å²) in [6.45, 7) is 8.84. The Labute approximate surface area is 104 Å². The first-order valence-corrected chi connectivity index (χ1v) is 7.13. The Balaban J connectivity index is 5.08. The third-order valence-electron chi connectivity index (χ3n) is 2.49. The molecule has 0 unspecified atom stereocenters. The van der Waals surface area contributed by atoms with Crippen LogP contribution < -0.4 is 15.2 Å². The number of nitrogens with two attached hydrogens (primary N) is 1. The van der Waals surface area contributed by atoms with Crippen LogP contribution in [0.4, 0.5) is 0 Å². The molecule has 0 aliphatic rings. The van der Waals surface area contributed by atoms with Gasteiger partial charge in [-0.05, 0) is 33.6 Å². The highest BCUT2D eigenvalue weighted by atomic mass is 32.2. The van der Waals surface area contributed by atoms with Gasteiger partial charge in [-0.15, -0.1) is 0 Å². The van der Waals surface area contributed by atoms with Gasteiger partial charge in [0.05, 0.1) is 5.54 Å². The summed E-state index contributed by atoms with van der Waals surface area (Å²) in [5.74, 6) is -0.165. The van der Waals surface area contributed by atoms with Gasteiger partial charge in [0, 0.05) is 5.54 Å². The molecule has 17 heavy (non-hydrogen) atoms. The van der Waals surface area contributed by atoms with Crippen molar-refractivity contribution in [1.82, 2.24) is 9.44 Å². The molecule has 0 fully saturated rings. The van der Waals surface area contributed by atoms with Gasteiger partial charge in [-0.25, -0.2) is 0 Å². The standard InChI is InChI=1S/C10H24N4O2S/c1-6-10(7-2,8(11)12)14-17(15,16)13-9(3,4)5/h13-14H,6-7H2,1-5H3,(H3,11,12). The van der Waals surface area contributed by atoms with Crippen LogP contribution in [0.2, 0.25) is 0 Å². The monoisotopic (exact) mass is 264 g/mol. The maximum absolute atomic E-state index is 11.9. The molecule has 5 N–H and O–H groups in total. The summed E-state index contributed by atoms with van der Waals surface area (Å²) < 4.78 is 28.8. The third-order valence-corrected chi connectivity index (χ3v) is 4.03. The molecule has 0 heterocycles. The topological polar surface area (TPSA) is 108 Å². The molecule has 0 saturated carbocycles. The van der Waals surface area contributed by atoms with E-state index in [9.17, 15) is 8.42 Å². The van der Waals surface area contributed by atoms with Crippen LogP contribution in [0.1, 0.15) is 47.5 Å². The van der Waals surface area contributed by atoms with E-state index < -0.39 is 21.3 Å². The number of hydrogen-bond donors (Lipinski definition) is 4. The lowest BCUT2D eigenvalue weighted by atomic mass is 9.93. The molecule has 7 heteroatoms. The fourth-order valence-corrected chi connectivity index (χ4v) is 3.29. The minimum atomic E-state index is -3.69. The van der Waals surface area contributed by atoms with Crippen LogP contribution in [-0.2, 0) is 10.2 Å². The molecule has 0 amide bonds. The van der Waals surface area contributed by atoms with Crippen LogP contribution in [0.5, 0.6) is 0 Å². The average molecular weight is 264 g/mol. The SMILES string of the molecule is CCC(CC)(NS(=O)(=O)NC(C)(C)C)C(=N)N. The van der Waals surface area contributed by atoms with E-state index in [1.807, 2.05) is 0 Å². The molecule has 0 radical (unpaired) electrons. The van der Waals surface area contributed by atoms with Gasteiger partial charge in [0.15, 0.2) is 0 Å². The van der Waals surface area contributed by atoms with Crippen molar-refractivity contribution in [3.8, 4) is 0 Å². The Morgan fingerprint density at radius 2 is 1.59 bits per heavy atom. The Kier molecular flexibility index (Phi) is 5.12. The van der Waals surface area contributed by atoms with Crippen LogP contribution in [0.25, 0.3) is 0 Å². The first-order chi connectivity index (χ1) is 7.48. The predicted molar refractivity (Wildman–Crippen MR) is 70.2 cm³/mol. The molecule has 102 valence electrons. The van der Waals surface area contributed by atoms with Crippen molar-refractivity contribution in [2.24, 2.45) is 5.73 Å². The Morgan fingerprint density at radius 3 is 1.82 bits per heavy atom. The van der Waals surface area contributed by atoms with Gasteiger partial charge < -0.3 is 5.73 Å². The van der Waals surface area contributed by atoms with E-state index in [-0.39, 0.29) is 5.84 Å². The van der Waals surface area contributed by atoms with Gasteiger partial charge in [-0.2, -0.15) is 17.9 Å². The molecule has 0 atom stereocenters. The first-order valence-electron chi connectivity index (χ1n) is 5.65. The van der Waals surface area contributed by atoms with Gasteiger partial charge in [-0.3, -0.25) is 5.41 Å². The van der Waals surface area contributed by atoms with Crippen molar-refractivity contribution in [2.45, 2.75) is 58.5 Å². The number of hydrogen-bond acceptors (Lipinski definition) is 3. The van der Waals surface area contributed by atoms with Crippen LogP contribution in [0, 0.1) is 5.41 Å². The Bertz CT molecular complexity index is 366. The fourth-order valence-electron chi connectivity index (χ4n) is 1.52. The number of nitrogens with one attached hydrogen (secondary N) is 3. The normalized spacial score (nSPS) is 13.7. The van der Waals surface area contributed by atoms with Crippen LogP contribution >= 0.6 is 0 Å². The predicted octanol–water partition coefficient (Wildman–Crippen LogP) is 0.704. The highest BCUT2D eigenvalue weighted by molar-refractivity contribution is 7.87. The zero-order valence-electron chi connectivity index (χ0n) is 11.2. The van der Waals surface area contributed by atoms with Gasteiger partial charge in [-0.1, -0.05) is 13.8 Å². The van der Waals surface area contributed by atoms with Crippen LogP contribution in [-0.4, -0.2) is 25.3 Å². The summed E-state index contributed by atoms with van der Waals surface area (Å²) in [6, 6.07) is 0. The Morgan fingerprint density at radius 1 is 1.18 bits per heavy atom. The summed E-state index contributed by atoms with van der Waals surface area (Å²) in [6.07, 6.45) is 0.869. The van der Waals surface area contributed by atoms with E-state index in [0.717, 1.165) is 0 Å². The summed E-state index contributed by atoms with van der Waals surface area (Å²) in [5.41, 5.74) is 3.92. The van der Waals surface area contributed by atoms with E-state index >= 15 is 0 Å². The first kappa shape index (κ1) is 16.3. The second-order valence-corrected chi connectivity index (χ2v) is 6.58. The molecule has 0 aromatic heterocycles. The van der Waals surface area contributed by atoms with Gasteiger partial charge in [0.2, 0.25) is 0 Å². The Hall–Kier alpha value is -0.660. The molecule has 6 nitrogen and oxygen atoms in total. The molecule has 0 rings (SSSR count). The van der Waals surface area contributed by atoms with Gasteiger partial charge in [0.25, 0.3) is 10.2 Å². The van der Waals surface area contributed by atoms with E-state index in [1.54, 1.807) is 34.6 Å². The van der Waals surface area contributed by atoms with E-state index in [1.165, 1.54) is 0 Å². The van der Waals surface area contributed by atoms with Gasteiger partial charge in [0.1, 0.15) is 5.84 Å². The quantitative estimate of drug-likeness (QED) is 0.419. The van der Waals surface area contributed by atoms with Crippen molar-refractivity contribution in [3.63, 3.8) is 0 Å². The van der Waals surface area contributed by atoms with Crippen molar-refractivity contribution in [1.29, 1.82) is 5.41 Å². The highest BCUT2D eigenvalue weighted by Gasteiger charge is 2.35. The zero-order valence-corrected chi connectivity index (χ0v) is 12.0. The maximum Gasteiger partial charge on any atom is 0.278 e. The molecule has 0 aliphatic heterocycles. The largest absolute Gasteiger partial charge is 0.386 e. The smallest absolute Gasteiger partial charge is 0.278 e. The fraction of sp³-hybridized carbons (Fsp3) is 0.900. The van der Waals surface area contributed by atoms with Crippen molar-refractivity contribution in [2.75, 3.05) is 0 Å². The van der Waals surface area contributed by atoms with E-state index in [2.05, 4.69) is 9.44 Å². The second kappa shape index (κ2) is 5.32. The maximum atomic E-state index is 11.9. The molecular weight excluding hydrogens is 240 g/mol. The summed E-state index contributed by atoms with van der Waals surface area (Å²) in [4.78, 5) is 0. The lowest BCUT2D eigenvalue weighted by Crippen LogP contribution is -2.60. The van der Waals surface area contributed by atoms with Crippen LogP contribution in [0.3, 0.4) is 0 Å². The minimum Gasteiger partial charge on any atom is -0.386 e. The van der Waals surface area contributed by atoms with E-state index in [4.69, 9.17) is 11.1 Å². The highest BCUT2D eigenvalue weighted by Crippen LogP contribution is 2.16. The molecule has 0 bridgehead atoms. The van der Waals surface area contributed by atoms with Crippen molar-refractivity contribution < 1.29 is 8.42 Å². The molecule has 0 aliphatic carbocycles. The molecule has 0 spiro atoms. The minimum absolute atomic E-state index is 0.165. The summed E-state index contributed by atoms with van der Waals surface area (Å²) >= 11 is 0. The molecule has 0 aromatic rings. The molecule has 0 aromatic carbocycles. The van der Waals surface area contributed by atoms with Gasteiger partial charge >= 0.3 is 0 Å².